The fourth-order valence-electron chi connectivity index (χ4n) is 3.56. The summed E-state index contributed by atoms with van der Waals surface area (Å²) in [6.45, 7) is 3.07. The van der Waals surface area contributed by atoms with Crippen molar-refractivity contribution in [3.8, 4) is 0 Å². The summed E-state index contributed by atoms with van der Waals surface area (Å²) in [5.41, 5.74) is 2.11. The summed E-state index contributed by atoms with van der Waals surface area (Å²) in [6.07, 6.45) is 2.46. The molecule has 0 spiro atoms. The second-order valence-electron chi connectivity index (χ2n) is 6.44. The molecule has 0 aliphatic carbocycles. The number of likely N-dealkylation sites (N-methyl/N-ethyl adjacent to an activating group) is 1. The lowest BCUT2D eigenvalue weighted by Gasteiger charge is -2.30. The van der Waals surface area contributed by atoms with Crippen LogP contribution in [0.4, 0.5) is 0 Å². The Hall–Kier alpha value is -1.07. The maximum Gasteiger partial charge on any atom is 0.227 e. The van der Waals surface area contributed by atoms with Crippen molar-refractivity contribution in [1.82, 2.24) is 10.2 Å². The van der Waals surface area contributed by atoms with Crippen molar-refractivity contribution in [2.45, 2.75) is 24.7 Å². The van der Waals surface area contributed by atoms with Gasteiger partial charge >= 0.3 is 0 Å². The molecular formula is C19H22Cl2N2OS. The highest BCUT2D eigenvalue weighted by Gasteiger charge is 2.33. The summed E-state index contributed by atoms with van der Waals surface area (Å²) in [5.74, 6) is -0.203. The topological polar surface area (TPSA) is 32.3 Å². The quantitative estimate of drug-likeness (QED) is 0.762. The van der Waals surface area contributed by atoms with Gasteiger partial charge in [0.15, 0.2) is 0 Å². The largest absolute Gasteiger partial charge is 0.359 e. The number of likely N-dealkylation sites (tertiary alicyclic amines) is 1. The predicted octanol–water partition coefficient (Wildman–Crippen LogP) is 4.76. The van der Waals surface area contributed by atoms with Gasteiger partial charge < -0.3 is 10.2 Å². The number of hydrogen-bond donors (Lipinski definition) is 1. The maximum absolute atomic E-state index is 12.8. The smallest absolute Gasteiger partial charge is 0.227 e. The minimum Gasteiger partial charge on any atom is -0.359 e. The van der Waals surface area contributed by atoms with Crippen LogP contribution in [-0.2, 0) is 4.79 Å². The molecule has 1 aromatic heterocycles. The van der Waals surface area contributed by atoms with Crippen LogP contribution in [0.25, 0.3) is 0 Å². The van der Waals surface area contributed by atoms with Gasteiger partial charge in [-0.3, -0.25) is 4.79 Å². The molecule has 1 N–H and O–H groups in total. The Morgan fingerprint density at radius 2 is 1.96 bits per heavy atom. The van der Waals surface area contributed by atoms with E-state index in [2.05, 4.69) is 27.0 Å². The third kappa shape index (κ3) is 4.37. The Morgan fingerprint density at radius 1 is 1.20 bits per heavy atom. The van der Waals surface area contributed by atoms with Gasteiger partial charge in [-0.05, 0) is 66.0 Å². The number of nitrogens with zero attached hydrogens (tertiary/aromatic N) is 1. The molecule has 2 heterocycles. The van der Waals surface area contributed by atoms with E-state index in [1.807, 2.05) is 12.1 Å². The minimum atomic E-state index is -0.296. The summed E-state index contributed by atoms with van der Waals surface area (Å²) < 4.78 is 0. The van der Waals surface area contributed by atoms with Crippen molar-refractivity contribution in [3.63, 3.8) is 0 Å². The monoisotopic (exact) mass is 396 g/mol. The Morgan fingerprint density at radius 3 is 2.56 bits per heavy atom. The van der Waals surface area contributed by atoms with Crippen LogP contribution in [0.1, 0.15) is 35.8 Å². The van der Waals surface area contributed by atoms with Crippen LogP contribution in [0, 0.1) is 0 Å². The zero-order chi connectivity index (χ0) is 17.8. The molecule has 1 saturated heterocycles. The Balaban J connectivity index is 1.99. The average molecular weight is 397 g/mol. The molecule has 3 rings (SSSR count). The van der Waals surface area contributed by atoms with E-state index in [9.17, 15) is 4.79 Å². The number of nitrogens with one attached hydrogen (secondary N) is 1. The minimum absolute atomic E-state index is 0.00814. The third-order valence-corrected chi connectivity index (χ3v) is 6.30. The molecule has 1 aromatic carbocycles. The zero-order valence-corrected chi connectivity index (χ0v) is 16.5. The van der Waals surface area contributed by atoms with Crippen LogP contribution in [0.5, 0.6) is 0 Å². The number of hydrogen-bond acceptors (Lipinski definition) is 3. The van der Waals surface area contributed by atoms with Crippen LogP contribution in [-0.4, -0.2) is 37.5 Å². The van der Waals surface area contributed by atoms with E-state index in [0.29, 0.717) is 10.0 Å². The number of thiophene rings is 1. The summed E-state index contributed by atoms with van der Waals surface area (Å²) in [5, 5.41) is 8.05. The molecule has 0 radical (unpaired) electrons. The fraction of sp³-hybridized carbons (Fsp3) is 0.421. The third-order valence-electron chi connectivity index (χ3n) is 4.86. The van der Waals surface area contributed by atoms with E-state index < -0.39 is 0 Å². The average Bonchev–Trinajstić information content (AvgIpc) is 3.30. The number of amides is 1. The van der Waals surface area contributed by atoms with Crippen molar-refractivity contribution < 1.29 is 4.79 Å². The number of rotatable bonds is 6. The van der Waals surface area contributed by atoms with Crippen LogP contribution in [0.3, 0.4) is 0 Å². The second kappa shape index (κ2) is 8.54. The first-order chi connectivity index (χ1) is 12.1. The number of carbonyl (C=O) groups excluding carboxylic acids is 1. The zero-order valence-electron chi connectivity index (χ0n) is 14.2. The lowest BCUT2D eigenvalue weighted by Crippen LogP contribution is -2.35. The molecule has 2 unspecified atom stereocenters. The van der Waals surface area contributed by atoms with Gasteiger partial charge in [0.2, 0.25) is 5.91 Å². The van der Waals surface area contributed by atoms with E-state index in [1.54, 1.807) is 24.5 Å². The molecule has 6 heteroatoms. The number of benzene rings is 1. The molecular weight excluding hydrogens is 375 g/mol. The van der Waals surface area contributed by atoms with E-state index in [-0.39, 0.29) is 17.7 Å². The summed E-state index contributed by atoms with van der Waals surface area (Å²) >= 11 is 14.0. The molecule has 134 valence electrons. The van der Waals surface area contributed by atoms with Crippen LogP contribution < -0.4 is 5.32 Å². The predicted molar refractivity (Wildman–Crippen MR) is 106 cm³/mol. The first-order valence-electron chi connectivity index (χ1n) is 8.51. The van der Waals surface area contributed by atoms with Gasteiger partial charge in [-0.1, -0.05) is 29.3 Å². The van der Waals surface area contributed by atoms with Gasteiger partial charge in [-0.2, -0.15) is 11.3 Å². The van der Waals surface area contributed by atoms with Crippen LogP contribution in [0.15, 0.2) is 35.0 Å². The van der Waals surface area contributed by atoms with Gasteiger partial charge in [0.05, 0.1) is 16.0 Å². The molecule has 1 aliphatic heterocycles. The van der Waals surface area contributed by atoms with Crippen molar-refractivity contribution in [1.29, 1.82) is 0 Å². The number of carbonyl (C=O) groups is 1. The summed E-state index contributed by atoms with van der Waals surface area (Å²) in [4.78, 5) is 15.3. The first-order valence-corrected chi connectivity index (χ1v) is 10.2. The summed E-state index contributed by atoms with van der Waals surface area (Å²) in [6, 6.07) is 7.64. The van der Waals surface area contributed by atoms with E-state index in [4.69, 9.17) is 23.2 Å². The van der Waals surface area contributed by atoms with Gasteiger partial charge in [0.25, 0.3) is 0 Å². The second-order valence-corrected chi connectivity index (χ2v) is 8.03. The molecule has 1 fully saturated rings. The van der Waals surface area contributed by atoms with E-state index in [1.165, 1.54) is 18.4 Å². The van der Waals surface area contributed by atoms with E-state index >= 15 is 0 Å². The highest BCUT2D eigenvalue weighted by atomic mass is 35.5. The molecule has 25 heavy (non-hydrogen) atoms. The lowest BCUT2D eigenvalue weighted by molar-refractivity contribution is -0.122. The standard InChI is InChI=1S/C19H22Cl2N2OS/c1-22-19(24)18(13-4-5-16(20)17(21)10-13)15(14-6-9-25-12-14)11-23-7-2-3-8-23/h4-6,9-10,12,15,18H,2-3,7-8,11H2,1H3,(H,22,24). The molecule has 2 aromatic rings. The van der Waals surface area contributed by atoms with Crippen molar-refractivity contribution in [3.05, 3.63) is 56.2 Å². The molecule has 3 nitrogen and oxygen atoms in total. The normalized spacial score (nSPS) is 17.4. The molecule has 1 aliphatic rings. The van der Waals surface area contributed by atoms with Gasteiger partial charge in [0.1, 0.15) is 0 Å². The highest BCUT2D eigenvalue weighted by molar-refractivity contribution is 7.08. The fourth-order valence-corrected chi connectivity index (χ4v) is 4.59. The molecule has 0 bridgehead atoms. The van der Waals surface area contributed by atoms with Crippen molar-refractivity contribution >= 4 is 40.4 Å². The Labute approximate surface area is 162 Å². The maximum atomic E-state index is 12.8. The summed E-state index contributed by atoms with van der Waals surface area (Å²) in [7, 11) is 1.69. The van der Waals surface area contributed by atoms with Crippen LogP contribution in [0.2, 0.25) is 10.0 Å². The van der Waals surface area contributed by atoms with E-state index in [0.717, 1.165) is 25.2 Å². The SMILES string of the molecule is CNC(=O)C(c1ccc(Cl)c(Cl)c1)C(CN1CCCC1)c1ccsc1. The number of halogens is 2. The van der Waals surface area contributed by atoms with Crippen LogP contribution >= 0.6 is 34.5 Å². The van der Waals surface area contributed by atoms with Crippen molar-refractivity contribution in [2.24, 2.45) is 0 Å². The van der Waals surface area contributed by atoms with Gasteiger partial charge in [-0.25, -0.2) is 0 Å². The lowest BCUT2D eigenvalue weighted by atomic mass is 9.81. The Kier molecular flexibility index (Phi) is 6.39. The molecule has 2 atom stereocenters. The molecule has 0 saturated carbocycles. The highest BCUT2D eigenvalue weighted by Crippen LogP contribution is 2.38. The van der Waals surface area contributed by atoms with Crippen molar-refractivity contribution in [2.75, 3.05) is 26.7 Å². The Bertz CT molecular complexity index is 714. The first kappa shape index (κ1) is 18.7. The van der Waals surface area contributed by atoms with Gasteiger partial charge in [0, 0.05) is 19.5 Å². The van der Waals surface area contributed by atoms with Gasteiger partial charge in [-0.15, -0.1) is 0 Å². The molecule has 1 amide bonds.